The van der Waals surface area contributed by atoms with Gasteiger partial charge in [-0.2, -0.15) is 12.6 Å². The smallest absolute Gasteiger partial charge is 0.410 e. The molecule has 2 fully saturated rings. The van der Waals surface area contributed by atoms with E-state index in [4.69, 9.17) is 4.74 Å². The zero-order valence-corrected chi connectivity index (χ0v) is 14.8. The van der Waals surface area contributed by atoms with Crippen molar-refractivity contribution in [1.29, 1.82) is 0 Å². The molecule has 2 heterocycles. The van der Waals surface area contributed by atoms with Gasteiger partial charge in [0.25, 0.3) is 0 Å². The van der Waals surface area contributed by atoms with E-state index in [1.165, 1.54) is 0 Å². The fourth-order valence-electron chi connectivity index (χ4n) is 3.18. The van der Waals surface area contributed by atoms with Crippen molar-refractivity contribution >= 4 is 24.6 Å². The second kappa shape index (κ2) is 7.11. The monoisotopic (exact) mass is 328 g/mol. The van der Waals surface area contributed by atoms with Gasteiger partial charge in [-0.05, 0) is 51.7 Å². The molecule has 0 spiro atoms. The maximum Gasteiger partial charge on any atom is 0.410 e. The number of nitrogens with zero attached hydrogens (tertiary/aromatic N) is 2. The molecule has 0 N–H and O–H groups in total. The summed E-state index contributed by atoms with van der Waals surface area (Å²) in [6.07, 6.45) is 3.10. The first-order chi connectivity index (χ1) is 10.3. The quantitative estimate of drug-likeness (QED) is 0.793. The van der Waals surface area contributed by atoms with Gasteiger partial charge in [0.2, 0.25) is 5.91 Å². The number of carbonyl (C=O) groups excluding carboxylic acids is 2. The molecule has 6 heteroatoms. The van der Waals surface area contributed by atoms with Gasteiger partial charge in [-0.3, -0.25) is 4.79 Å². The zero-order valence-electron chi connectivity index (χ0n) is 13.9. The van der Waals surface area contributed by atoms with Crippen LogP contribution in [-0.4, -0.2) is 58.8 Å². The largest absolute Gasteiger partial charge is 0.444 e. The van der Waals surface area contributed by atoms with E-state index in [1.807, 2.05) is 25.7 Å². The average molecular weight is 328 g/mol. The summed E-state index contributed by atoms with van der Waals surface area (Å²) in [6.45, 7) is 7.84. The van der Waals surface area contributed by atoms with Crippen LogP contribution in [0.1, 0.15) is 46.5 Å². The molecule has 2 unspecified atom stereocenters. The van der Waals surface area contributed by atoms with Gasteiger partial charge in [-0.1, -0.05) is 0 Å². The molecular weight excluding hydrogens is 300 g/mol. The lowest BCUT2D eigenvalue weighted by atomic mass is 10.1. The molecule has 2 saturated heterocycles. The van der Waals surface area contributed by atoms with Crippen molar-refractivity contribution in [2.24, 2.45) is 5.92 Å². The predicted octanol–water partition coefficient (Wildman–Crippen LogP) is 2.55. The third-order valence-corrected chi connectivity index (χ3v) is 4.80. The Morgan fingerprint density at radius 1 is 1.32 bits per heavy atom. The van der Waals surface area contributed by atoms with Gasteiger partial charge in [-0.25, -0.2) is 4.79 Å². The summed E-state index contributed by atoms with van der Waals surface area (Å²) >= 11 is 4.31. The highest BCUT2D eigenvalue weighted by Crippen LogP contribution is 2.26. The summed E-state index contributed by atoms with van der Waals surface area (Å²) < 4.78 is 5.45. The highest BCUT2D eigenvalue weighted by atomic mass is 32.1. The molecule has 2 atom stereocenters. The maximum absolute atomic E-state index is 12.2. The molecule has 0 radical (unpaired) electrons. The van der Waals surface area contributed by atoms with Crippen molar-refractivity contribution in [3.05, 3.63) is 0 Å². The SMILES string of the molecule is CC(C)(C)OC(=O)N1CCCC(N2CC(CS)CC2=O)CC1. The third kappa shape index (κ3) is 4.54. The maximum atomic E-state index is 12.2. The summed E-state index contributed by atoms with van der Waals surface area (Å²) in [5.74, 6) is 1.38. The minimum atomic E-state index is -0.465. The summed E-state index contributed by atoms with van der Waals surface area (Å²) in [5.41, 5.74) is -0.465. The van der Waals surface area contributed by atoms with E-state index in [-0.39, 0.29) is 18.0 Å². The number of rotatable bonds is 2. The first-order valence-corrected chi connectivity index (χ1v) is 8.81. The van der Waals surface area contributed by atoms with E-state index in [1.54, 1.807) is 4.90 Å². The van der Waals surface area contributed by atoms with Crippen molar-refractivity contribution in [2.75, 3.05) is 25.4 Å². The normalized spacial score (nSPS) is 27.0. The van der Waals surface area contributed by atoms with Crippen LogP contribution in [0.25, 0.3) is 0 Å². The van der Waals surface area contributed by atoms with E-state index in [0.717, 1.165) is 31.6 Å². The topological polar surface area (TPSA) is 49.9 Å². The first kappa shape index (κ1) is 17.4. The van der Waals surface area contributed by atoms with Crippen LogP contribution >= 0.6 is 12.6 Å². The lowest BCUT2D eigenvalue weighted by molar-refractivity contribution is -0.129. The number of thiol groups is 1. The van der Waals surface area contributed by atoms with E-state index in [9.17, 15) is 9.59 Å². The van der Waals surface area contributed by atoms with Crippen LogP contribution in [0.4, 0.5) is 4.79 Å². The van der Waals surface area contributed by atoms with Crippen molar-refractivity contribution < 1.29 is 14.3 Å². The molecule has 2 aliphatic heterocycles. The Labute approximate surface area is 138 Å². The van der Waals surface area contributed by atoms with Crippen LogP contribution in [0.15, 0.2) is 0 Å². The Morgan fingerprint density at radius 3 is 2.64 bits per heavy atom. The van der Waals surface area contributed by atoms with Crippen LogP contribution < -0.4 is 0 Å². The number of amides is 2. The molecule has 0 aliphatic carbocycles. The summed E-state index contributed by atoms with van der Waals surface area (Å²) in [5, 5.41) is 0. The summed E-state index contributed by atoms with van der Waals surface area (Å²) in [4.78, 5) is 28.1. The van der Waals surface area contributed by atoms with Gasteiger partial charge >= 0.3 is 6.09 Å². The Kier molecular flexibility index (Phi) is 5.64. The van der Waals surface area contributed by atoms with E-state index in [2.05, 4.69) is 12.6 Å². The predicted molar refractivity (Wildman–Crippen MR) is 89.1 cm³/mol. The molecule has 0 saturated carbocycles. The summed E-state index contributed by atoms with van der Waals surface area (Å²) in [7, 11) is 0. The molecule has 22 heavy (non-hydrogen) atoms. The third-order valence-electron chi connectivity index (χ3n) is 4.29. The Hall–Kier alpha value is -0.910. The van der Waals surface area contributed by atoms with Gasteiger partial charge in [0, 0.05) is 32.1 Å². The lowest BCUT2D eigenvalue weighted by Crippen LogP contribution is -2.39. The molecule has 126 valence electrons. The number of hydrogen-bond donors (Lipinski definition) is 1. The van der Waals surface area contributed by atoms with Crippen LogP contribution in [0.2, 0.25) is 0 Å². The van der Waals surface area contributed by atoms with Gasteiger partial charge < -0.3 is 14.5 Å². The second-order valence-corrected chi connectivity index (χ2v) is 7.72. The van der Waals surface area contributed by atoms with Gasteiger partial charge in [0.15, 0.2) is 0 Å². The van der Waals surface area contributed by atoms with E-state index < -0.39 is 5.60 Å². The number of hydrogen-bond acceptors (Lipinski definition) is 4. The van der Waals surface area contributed by atoms with Crippen LogP contribution in [0, 0.1) is 5.92 Å². The fraction of sp³-hybridized carbons (Fsp3) is 0.875. The first-order valence-electron chi connectivity index (χ1n) is 8.18. The minimum absolute atomic E-state index is 0.242. The Morgan fingerprint density at radius 2 is 2.05 bits per heavy atom. The molecule has 0 bridgehead atoms. The van der Waals surface area contributed by atoms with Crippen LogP contribution in [0.3, 0.4) is 0 Å². The Balaban J connectivity index is 1.90. The number of carbonyl (C=O) groups is 2. The van der Waals surface area contributed by atoms with Crippen molar-refractivity contribution in [3.8, 4) is 0 Å². The van der Waals surface area contributed by atoms with E-state index in [0.29, 0.717) is 25.4 Å². The Bertz CT molecular complexity index is 422. The van der Waals surface area contributed by atoms with Crippen molar-refractivity contribution in [2.45, 2.75) is 58.1 Å². The molecular formula is C16H28N2O3S. The molecule has 2 rings (SSSR count). The number of ether oxygens (including phenoxy) is 1. The zero-order chi connectivity index (χ0) is 16.3. The molecule has 0 aromatic carbocycles. The van der Waals surface area contributed by atoms with Crippen molar-refractivity contribution in [1.82, 2.24) is 9.80 Å². The molecule has 0 aromatic rings. The molecule has 5 nitrogen and oxygen atoms in total. The molecule has 2 amide bonds. The summed E-state index contributed by atoms with van der Waals surface area (Å²) in [6, 6.07) is 0.254. The molecule has 2 aliphatic rings. The average Bonchev–Trinajstić information content (AvgIpc) is 2.64. The van der Waals surface area contributed by atoms with Gasteiger partial charge in [0.05, 0.1) is 0 Å². The number of likely N-dealkylation sites (tertiary alicyclic amines) is 2. The fourth-order valence-corrected chi connectivity index (χ4v) is 3.43. The van der Waals surface area contributed by atoms with E-state index >= 15 is 0 Å². The van der Waals surface area contributed by atoms with Crippen molar-refractivity contribution in [3.63, 3.8) is 0 Å². The highest BCUT2D eigenvalue weighted by molar-refractivity contribution is 7.80. The standard InChI is InChI=1S/C16H28N2O3S/c1-16(2,3)21-15(20)17-7-4-5-13(6-8-17)18-10-12(11-22)9-14(18)19/h12-13,22H,4-11H2,1-3H3. The van der Waals surface area contributed by atoms with Gasteiger partial charge in [-0.15, -0.1) is 0 Å². The second-order valence-electron chi connectivity index (χ2n) is 7.35. The van der Waals surface area contributed by atoms with Gasteiger partial charge in [0.1, 0.15) is 5.60 Å². The lowest BCUT2D eigenvalue weighted by Gasteiger charge is -2.28. The molecule has 0 aromatic heterocycles. The van der Waals surface area contributed by atoms with Crippen LogP contribution in [0.5, 0.6) is 0 Å². The highest BCUT2D eigenvalue weighted by Gasteiger charge is 2.35. The van der Waals surface area contributed by atoms with Crippen LogP contribution in [-0.2, 0) is 9.53 Å². The minimum Gasteiger partial charge on any atom is -0.444 e.